The summed E-state index contributed by atoms with van der Waals surface area (Å²) < 4.78 is 10.7. The van der Waals surface area contributed by atoms with Crippen molar-refractivity contribution in [2.75, 3.05) is 13.2 Å². The first-order valence-corrected chi connectivity index (χ1v) is 8.36. The lowest BCUT2D eigenvalue weighted by Gasteiger charge is -2.38. The molecule has 6 nitrogen and oxygen atoms in total. The van der Waals surface area contributed by atoms with Gasteiger partial charge in [-0.05, 0) is 39.2 Å². The third kappa shape index (κ3) is 3.97. The summed E-state index contributed by atoms with van der Waals surface area (Å²) in [7, 11) is 0. The number of hydrogen-bond donors (Lipinski definition) is 1. The molecule has 0 aliphatic heterocycles. The largest absolute Gasteiger partial charge is 0.465 e. The Kier molecular flexibility index (Phi) is 5.64. The van der Waals surface area contributed by atoms with Gasteiger partial charge in [0.1, 0.15) is 5.54 Å². The molecule has 21 heavy (non-hydrogen) atoms. The highest BCUT2D eigenvalue weighted by Crippen LogP contribution is 2.38. The molecule has 0 bridgehead atoms. The van der Waals surface area contributed by atoms with Crippen LogP contribution in [0.5, 0.6) is 0 Å². The van der Waals surface area contributed by atoms with Crippen LogP contribution >= 0.6 is 11.8 Å². The van der Waals surface area contributed by atoms with Crippen molar-refractivity contribution in [3.05, 3.63) is 5.89 Å². The van der Waals surface area contributed by atoms with Crippen LogP contribution in [-0.4, -0.2) is 40.1 Å². The number of rotatable bonds is 6. The zero-order chi connectivity index (χ0) is 15.3. The second-order valence-corrected chi connectivity index (χ2v) is 6.51. The molecule has 1 aliphatic rings. The van der Waals surface area contributed by atoms with E-state index in [2.05, 4.69) is 15.5 Å². The molecule has 0 radical (unpaired) electrons. The van der Waals surface area contributed by atoms with Crippen molar-refractivity contribution >= 4 is 17.7 Å². The van der Waals surface area contributed by atoms with Crippen molar-refractivity contribution in [1.82, 2.24) is 15.5 Å². The first-order chi connectivity index (χ1) is 10.1. The van der Waals surface area contributed by atoms with Crippen LogP contribution in [0.2, 0.25) is 0 Å². The number of aromatic nitrogens is 2. The average molecular weight is 313 g/mol. The number of hydrogen-bond acceptors (Lipinski definition) is 7. The van der Waals surface area contributed by atoms with E-state index >= 15 is 0 Å². The zero-order valence-electron chi connectivity index (χ0n) is 12.8. The predicted octanol–water partition coefficient (Wildman–Crippen LogP) is 2.32. The van der Waals surface area contributed by atoms with Gasteiger partial charge < -0.3 is 14.5 Å². The van der Waals surface area contributed by atoms with Crippen molar-refractivity contribution in [1.29, 1.82) is 0 Å². The van der Waals surface area contributed by atoms with E-state index in [0.717, 1.165) is 32.2 Å². The summed E-state index contributed by atoms with van der Waals surface area (Å²) in [5, 5.41) is 12.1. The molecule has 1 aromatic heterocycles. The quantitative estimate of drug-likeness (QED) is 0.808. The highest BCUT2D eigenvalue weighted by Gasteiger charge is 2.44. The minimum absolute atomic E-state index is 0.140. The molecule has 1 aromatic rings. The van der Waals surface area contributed by atoms with E-state index in [9.17, 15) is 4.79 Å². The Hall–Kier alpha value is -1.08. The molecule has 0 aromatic carbocycles. The van der Waals surface area contributed by atoms with Gasteiger partial charge in [-0.15, -0.1) is 10.2 Å². The van der Waals surface area contributed by atoms with Crippen LogP contribution in [0.3, 0.4) is 0 Å². The van der Waals surface area contributed by atoms with Crippen LogP contribution in [0.15, 0.2) is 9.64 Å². The maximum absolute atomic E-state index is 12.4. The number of nitrogens with zero attached hydrogens (tertiary/aromatic N) is 2. The smallest absolute Gasteiger partial charge is 0.326 e. The van der Waals surface area contributed by atoms with Crippen LogP contribution in [-0.2, 0) is 9.53 Å². The Morgan fingerprint density at radius 3 is 2.95 bits per heavy atom. The second-order valence-electron chi connectivity index (χ2n) is 5.26. The average Bonchev–Trinajstić information content (AvgIpc) is 2.85. The van der Waals surface area contributed by atoms with Gasteiger partial charge in [0.05, 0.1) is 6.61 Å². The molecule has 2 rings (SSSR count). The lowest BCUT2D eigenvalue weighted by molar-refractivity contribution is -0.152. The number of thioether (sulfide) groups is 1. The molecule has 0 spiro atoms. The molecule has 0 saturated heterocycles. The number of carbonyl (C=O) groups excluding carboxylic acids is 1. The number of ether oxygens (including phenoxy) is 1. The van der Waals surface area contributed by atoms with Crippen molar-refractivity contribution < 1.29 is 13.9 Å². The van der Waals surface area contributed by atoms with E-state index in [0.29, 0.717) is 17.7 Å². The second kappa shape index (κ2) is 7.26. The van der Waals surface area contributed by atoms with Gasteiger partial charge in [-0.3, -0.25) is 4.79 Å². The third-order valence-corrected chi connectivity index (χ3v) is 4.76. The van der Waals surface area contributed by atoms with Crippen LogP contribution < -0.4 is 5.32 Å². The fourth-order valence-electron chi connectivity index (χ4n) is 2.82. The van der Waals surface area contributed by atoms with E-state index in [4.69, 9.17) is 9.15 Å². The van der Waals surface area contributed by atoms with Crippen molar-refractivity contribution in [2.24, 2.45) is 0 Å². The fraction of sp³-hybridized carbons (Fsp3) is 0.786. The number of nitrogens with one attached hydrogen (secondary N) is 1. The normalized spacial score (nSPS) is 25.8. The van der Waals surface area contributed by atoms with E-state index < -0.39 is 5.54 Å². The van der Waals surface area contributed by atoms with Crippen molar-refractivity contribution in [3.8, 4) is 0 Å². The van der Waals surface area contributed by atoms with Crippen LogP contribution in [0.4, 0.5) is 0 Å². The van der Waals surface area contributed by atoms with E-state index in [1.54, 1.807) is 18.7 Å². The van der Waals surface area contributed by atoms with E-state index in [-0.39, 0.29) is 11.2 Å². The minimum Gasteiger partial charge on any atom is -0.465 e. The van der Waals surface area contributed by atoms with Gasteiger partial charge in [0.2, 0.25) is 5.89 Å². The van der Waals surface area contributed by atoms with Gasteiger partial charge in [0.25, 0.3) is 5.22 Å². The standard InChI is InChI=1S/C14H23N3O3S/c1-4-15-14(12(18)19-5-2)8-6-7-11(9-14)21-13-17-16-10(3)20-13/h11,15H,4-9H2,1-3H3. The molecule has 1 heterocycles. The maximum Gasteiger partial charge on any atom is 0.326 e. The minimum atomic E-state index is -0.574. The Labute approximate surface area is 129 Å². The summed E-state index contributed by atoms with van der Waals surface area (Å²) in [5.74, 6) is 0.426. The lowest BCUT2D eigenvalue weighted by atomic mass is 9.81. The number of esters is 1. The molecular formula is C14H23N3O3S. The molecule has 118 valence electrons. The SMILES string of the molecule is CCNC1(C(=O)OCC)CCCC(Sc2nnc(C)o2)C1. The van der Waals surface area contributed by atoms with Gasteiger partial charge in [-0.25, -0.2) is 0 Å². The Bertz CT molecular complexity index is 476. The Morgan fingerprint density at radius 2 is 2.33 bits per heavy atom. The van der Waals surface area contributed by atoms with Crippen LogP contribution in [0.25, 0.3) is 0 Å². The molecule has 2 atom stereocenters. The summed E-state index contributed by atoms with van der Waals surface area (Å²) in [5.41, 5.74) is -0.574. The monoisotopic (exact) mass is 313 g/mol. The molecule has 1 fully saturated rings. The van der Waals surface area contributed by atoms with Gasteiger partial charge in [-0.2, -0.15) is 0 Å². The van der Waals surface area contributed by atoms with Crippen molar-refractivity contribution in [3.63, 3.8) is 0 Å². The molecule has 2 unspecified atom stereocenters. The maximum atomic E-state index is 12.4. The van der Waals surface area contributed by atoms with Gasteiger partial charge >= 0.3 is 5.97 Å². The highest BCUT2D eigenvalue weighted by molar-refractivity contribution is 7.99. The first-order valence-electron chi connectivity index (χ1n) is 7.48. The number of likely N-dealkylation sites (N-methyl/N-ethyl adjacent to an activating group) is 1. The van der Waals surface area contributed by atoms with Gasteiger partial charge in [0, 0.05) is 12.2 Å². The third-order valence-electron chi connectivity index (χ3n) is 3.66. The first kappa shape index (κ1) is 16.3. The summed E-state index contributed by atoms with van der Waals surface area (Å²) >= 11 is 1.56. The molecule has 1 aliphatic carbocycles. The summed E-state index contributed by atoms with van der Waals surface area (Å²) in [6.45, 7) is 6.79. The fourth-order valence-corrected chi connectivity index (χ4v) is 4.01. The number of aryl methyl sites for hydroxylation is 1. The van der Waals surface area contributed by atoms with E-state index in [1.807, 2.05) is 13.8 Å². The van der Waals surface area contributed by atoms with E-state index in [1.165, 1.54) is 0 Å². The lowest BCUT2D eigenvalue weighted by Crippen LogP contribution is -2.56. The van der Waals surface area contributed by atoms with Crippen LogP contribution in [0.1, 0.15) is 45.4 Å². The molecule has 1 saturated carbocycles. The predicted molar refractivity (Wildman–Crippen MR) is 80.2 cm³/mol. The highest BCUT2D eigenvalue weighted by atomic mass is 32.2. The summed E-state index contributed by atoms with van der Waals surface area (Å²) in [4.78, 5) is 12.4. The molecular weight excluding hydrogens is 290 g/mol. The Morgan fingerprint density at radius 1 is 1.52 bits per heavy atom. The van der Waals surface area contributed by atoms with Crippen LogP contribution in [0, 0.1) is 6.92 Å². The molecule has 1 N–H and O–H groups in total. The molecule has 0 amide bonds. The summed E-state index contributed by atoms with van der Waals surface area (Å²) in [6.07, 6.45) is 3.57. The topological polar surface area (TPSA) is 77.2 Å². The van der Waals surface area contributed by atoms with Gasteiger partial charge in [-0.1, -0.05) is 18.7 Å². The van der Waals surface area contributed by atoms with Crippen molar-refractivity contribution in [2.45, 2.75) is 62.5 Å². The number of carbonyl (C=O) groups is 1. The molecule has 7 heteroatoms. The Balaban J connectivity index is 2.06. The zero-order valence-corrected chi connectivity index (χ0v) is 13.7. The van der Waals surface area contributed by atoms with Gasteiger partial charge in [0.15, 0.2) is 0 Å². The summed E-state index contributed by atoms with van der Waals surface area (Å²) in [6, 6.07) is 0.